The Morgan fingerprint density at radius 3 is 1.94 bits per heavy atom. The maximum atomic E-state index is 2.54. The molecule has 0 fully saturated rings. The second-order valence-electron chi connectivity index (χ2n) is 12.9. The fourth-order valence-corrected chi connectivity index (χ4v) is 10.4. The van der Waals surface area contributed by atoms with Gasteiger partial charge in [0.25, 0.3) is 0 Å². The highest BCUT2D eigenvalue weighted by molar-refractivity contribution is 7.26. The van der Waals surface area contributed by atoms with Crippen LogP contribution in [-0.4, -0.2) is 4.57 Å². The molecule has 4 heteroatoms. The molecule has 50 heavy (non-hydrogen) atoms. The molecule has 2 nitrogen and oxygen atoms in total. The van der Waals surface area contributed by atoms with Gasteiger partial charge in [-0.15, -0.1) is 22.7 Å². The van der Waals surface area contributed by atoms with Crippen LogP contribution in [0.1, 0.15) is 0 Å². The number of rotatable bonds is 4. The molecule has 11 rings (SSSR count). The lowest BCUT2D eigenvalue weighted by molar-refractivity contribution is 1.17. The van der Waals surface area contributed by atoms with E-state index in [0.29, 0.717) is 0 Å². The number of fused-ring (bicyclic) bond motifs is 11. The van der Waals surface area contributed by atoms with Crippen molar-refractivity contribution in [3.05, 3.63) is 170 Å². The minimum atomic E-state index is 1.15. The smallest absolute Gasteiger partial charge is 0.0782 e. The van der Waals surface area contributed by atoms with Crippen molar-refractivity contribution < 1.29 is 0 Å². The summed E-state index contributed by atoms with van der Waals surface area (Å²) in [5.74, 6) is 0. The minimum Gasteiger partial charge on any atom is -0.307 e. The van der Waals surface area contributed by atoms with E-state index in [2.05, 4.69) is 179 Å². The summed E-state index contributed by atoms with van der Waals surface area (Å²) in [5.41, 5.74) is 7.03. The van der Waals surface area contributed by atoms with E-state index < -0.39 is 0 Å². The Morgan fingerprint density at radius 1 is 0.420 bits per heavy atom. The van der Waals surface area contributed by atoms with Crippen LogP contribution in [0.25, 0.3) is 78.6 Å². The van der Waals surface area contributed by atoms with Crippen LogP contribution in [0.3, 0.4) is 0 Å². The van der Waals surface area contributed by atoms with Gasteiger partial charge in [-0.05, 0) is 65.4 Å². The molecule has 3 heterocycles. The first-order valence-electron chi connectivity index (χ1n) is 16.9. The van der Waals surface area contributed by atoms with Crippen LogP contribution in [0.15, 0.2) is 170 Å². The molecule has 0 saturated heterocycles. The third-order valence-electron chi connectivity index (χ3n) is 10.1. The van der Waals surface area contributed by atoms with Crippen molar-refractivity contribution in [1.29, 1.82) is 0 Å². The number of benzene rings is 8. The fourth-order valence-electron chi connectivity index (χ4n) is 8.01. The molecule has 0 radical (unpaired) electrons. The van der Waals surface area contributed by atoms with Crippen molar-refractivity contribution in [3.8, 4) is 5.69 Å². The van der Waals surface area contributed by atoms with Gasteiger partial charge in [0.05, 0.1) is 27.1 Å². The molecule has 0 amide bonds. The second kappa shape index (κ2) is 10.8. The van der Waals surface area contributed by atoms with Crippen molar-refractivity contribution in [2.45, 2.75) is 0 Å². The van der Waals surface area contributed by atoms with E-state index in [0.717, 1.165) is 17.1 Å². The van der Waals surface area contributed by atoms with Gasteiger partial charge in [-0.2, -0.15) is 0 Å². The van der Waals surface area contributed by atoms with Crippen LogP contribution in [0.2, 0.25) is 0 Å². The Balaban J connectivity index is 1.31. The molecule has 8 aromatic carbocycles. The lowest BCUT2D eigenvalue weighted by Gasteiger charge is -2.28. The van der Waals surface area contributed by atoms with E-state index in [1.54, 1.807) is 0 Å². The van der Waals surface area contributed by atoms with Crippen LogP contribution < -0.4 is 4.90 Å². The highest BCUT2D eigenvalue weighted by Gasteiger charge is 2.25. The summed E-state index contributed by atoms with van der Waals surface area (Å²) in [6.07, 6.45) is 0. The Hall–Kier alpha value is -5.94. The van der Waals surface area contributed by atoms with Gasteiger partial charge < -0.3 is 9.47 Å². The van der Waals surface area contributed by atoms with Gasteiger partial charge in [-0.3, -0.25) is 0 Å². The molecule has 0 aliphatic rings. The van der Waals surface area contributed by atoms with Crippen LogP contribution in [0.5, 0.6) is 0 Å². The number of para-hydroxylation sites is 3. The van der Waals surface area contributed by atoms with Gasteiger partial charge in [0, 0.05) is 57.8 Å². The average molecular weight is 673 g/mol. The van der Waals surface area contributed by atoms with Gasteiger partial charge in [0.15, 0.2) is 0 Å². The standard InChI is InChI=1S/C46H28N2S2/c1-2-14-30(15-3-1)48-38-21-9-6-17-33(38)36-20-12-22-39(45(36)48)47(31-25-26-35-34-18-7-10-23-41(34)49-43(35)28-31)40-27-29-13-4-5-16-32(29)44-37-19-8-11-24-42(37)50-46(40)44/h1-28H. The van der Waals surface area contributed by atoms with Crippen molar-refractivity contribution in [2.24, 2.45) is 0 Å². The molecule has 3 aromatic heterocycles. The SMILES string of the molecule is c1ccc(-n2c3ccccc3c3cccc(N(c4ccc5c(c4)sc4ccccc45)c4cc5ccccc5c5c4sc4ccccc45)c32)cc1. The quantitative estimate of drug-likeness (QED) is 0.181. The average Bonchev–Trinajstić information content (AvgIpc) is 3.85. The van der Waals surface area contributed by atoms with Crippen LogP contribution >= 0.6 is 22.7 Å². The largest absolute Gasteiger partial charge is 0.307 e. The second-order valence-corrected chi connectivity index (χ2v) is 15.0. The number of nitrogens with zero attached hydrogens (tertiary/aromatic N) is 2. The molecule has 11 aromatic rings. The van der Waals surface area contributed by atoms with Gasteiger partial charge in [-0.1, -0.05) is 115 Å². The minimum absolute atomic E-state index is 1.15. The van der Waals surface area contributed by atoms with E-state index >= 15 is 0 Å². The molecule has 0 unspecified atom stereocenters. The molecule has 234 valence electrons. The maximum Gasteiger partial charge on any atom is 0.0782 e. The summed E-state index contributed by atoms with van der Waals surface area (Å²) in [7, 11) is 0. The maximum absolute atomic E-state index is 2.54. The van der Waals surface area contributed by atoms with Crippen LogP contribution in [-0.2, 0) is 0 Å². The van der Waals surface area contributed by atoms with E-state index in [1.807, 2.05) is 22.7 Å². The summed E-state index contributed by atoms with van der Waals surface area (Å²) in [6.45, 7) is 0. The zero-order valence-corrected chi connectivity index (χ0v) is 28.5. The summed E-state index contributed by atoms with van der Waals surface area (Å²) >= 11 is 3.77. The fraction of sp³-hybridized carbons (Fsp3) is 0. The zero-order valence-electron chi connectivity index (χ0n) is 26.9. The normalized spacial score (nSPS) is 12.0. The predicted octanol–water partition coefficient (Wildman–Crippen LogP) is 14.1. The van der Waals surface area contributed by atoms with E-state index in [1.165, 1.54) is 78.6 Å². The summed E-state index contributed by atoms with van der Waals surface area (Å²) in [4.78, 5) is 2.54. The molecule has 0 bridgehead atoms. The van der Waals surface area contributed by atoms with Crippen molar-refractivity contribution in [2.75, 3.05) is 4.90 Å². The molecule has 0 N–H and O–H groups in total. The van der Waals surface area contributed by atoms with E-state index in [-0.39, 0.29) is 0 Å². The van der Waals surface area contributed by atoms with Gasteiger partial charge in [0.2, 0.25) is 0 Å². The van der Waals surface area contributed by atoms with Crippen molar-refractivity contribution in [3.63, 3.8) is 0 Å². The Labute approximate surface area is 296 Å². The van der Waals surface area contributed by atoms with Gasteiger partial charge in [0.1, 0.15) is 0 Å². The van der Waals surface area contributed by atoms with Crippen LogP contribution in [0.4, 0.5) is 17.1 Å². The highest BCUT2D eigenvalue weighted by atomic mass is 32.1. The number of hydrogen-bond donors (Lipinski definition) is 0. The van der Waals surface area contributed by atoms with Crippen molar-refractivity contribution >= 4 is 113 Å². The van der Waals surface area contributed by atoms with Gasteiger partial charge >= 0.3 is 0 Å². The molecular formula is C46H28N2S2. The Kier molecular flexibility index (Phi) is 6.03. The summed E-state index contributed by atoms with van der Waals surface area (Å²) < 4.78 is 7.65. The van der Waals surface area contributed by atoms with Crippen molar-refractivity contribution in [1.82, 2.24) is 4.57 Å². The molecular weight excluding hydrogens is 645 g/mol. The van der Waals surface area contributed by atoms with Crippen LogP contribution in [0, 0.1) is 0 Å². The van der Waals surface area contributed by atoms with E-state index in [4.69, 9.17) is 0 Å². The first-order valence-corrected chi connectivity index (χ1v) is 18.6. The van der Waals surface area contributed by atoms with E-state index in [9.17, 15) is 0 Å². The third kappa shape index (κ3) is 4.01. The zero-order chi connectivity index (χ0) is 32.8. The molecule has 0 atom stereocenters. The summed E-state index contributed by atoms with van der Waals surface area (Å²) in [6, 6.07) is 62.4. The molecule has 0 saturated carbocycles. The first-order chi connectivity index (χ1) is 24.8. The Bertz CT molecular complexity index is 3110. The highest BCUT2D eigenvalue weighted by Crippen LogP contribution is 2.51. The predicted molar refractivity (Wildman–Crippen MR) is 219 cm³/mol. The number of hydrogen-bond acceptors (Lipinski definition) is 3. The monoisotopic (exact) mass is 672 g/mol. The Morgan fingerprint density at radius 2 is 1.08 bits per heavy atom. The number of anilines is 3. The summed E-state index contributed by atoms with van der Waals surface area (Å²) in [5, 5.41) is 10.3. The third-order valence-corrected chi connectivity index (χ3v) is 12.5. The first kappa shape index (κ1) is 28.0. The number of aromatic nitrogens is 1. The lowest BCUT2D eigenvalue weighted by atomic mass is 10.0. The molecule has 0 aliphatic heterocycles. The van der Waals surface area contributed by atoms with Gasteiger partial charge in [-0.25, -0.2) is 0 Å². The lowest BCUT2D eigenvalue weighted by Crippen LogP contribution is -2.12. The molecule has 0 aliphatic carbocycles. The number of thiophene rings is 2. The topological polar surface area (TPSA) is 8.17 Å². The molecule has 0 spiro atoms.